The minimum Gasteiger partial charge on any atom is -0.310 e. The van der Waals surface area contributed by atoms with E-state index in [1.165, 1.54) is 0 Å². The Bertz CT molecular complexity index is 709. The highest BCUT2D eigenvalue weighted by Crippen LogP contribution is 2.44. The zero-order valence-electron chi connectivity index (χ0n) is 13.0. The van der Waals surface area contributed by atoms with Gasteiger partial charge < -0.3 is 5.32 Å². The van der Waals surface area contributed by atoms with Gasteiger partial charge in [0.05, 0.1) is 29.0 Å². The number of sulfone groups is 1. The van der Waals surface area contributed by atoms with E-state index in [2.05, 4.69) is 24.3 Å². The van der Waals surface area contributed by atoms with Crippen LogP contribution in [0.4, 0.5) is 5.82 Å². The number of aryl methyl sites for hydroxylation is 1. The number of nitrogens with one attached hydrogen (secondary N) is 1. The molecule has 2 aliphatic heterocycles. The average molecular weight is 343 g/mol. The van der Waals surface area contributed by atoms with Crippen LogP contribution in [0.2, 0.25) is 0 Å². The molecule has 0 spiro atoms. The van der Waals surface area contributed by atoms with Crippen molar-refractivity contribution in [1.29, 1.82) is 0 Å². The molecule has 0 radical (unpaired) electrons. The van der Waals surface area contributed by atoms with Crippen molar-refractivity contribution in [1.82, 2.24) is 9.78 Å². The van der Waals surface area contributed by atoms with Gasteiger partial charge in [0, 0.05) is 10.8 Å². The number of hydrogen-bond donors (Lipinski definition) is 1. The highest BCUT2D eigenvalue weighted by Gasteiger charge is 2.36. The fourth-order valence-electron chi connectivity index (χ4n) is 3.20. The highest BCUT2D eigenvalue weighted by atomic mass is 32.2. The third kappa shape index (κ3) is 2.78. The molecule has 1 aromatic heterocycles. The van der Waals surface area contributed by atoms with Gasteiger partial charge >= 0.3 is 0 Å². The van der Waals surface area contributed by atoms with E-state index < -0.39 is 9.84 Å². The number of anilines is 1. The second kappa shape index (κ2) is 5.56. The van der Waals surface area contributed by atoms with Crippen LogP contribution in [0, 0.1) is 12.8 Å². The summed E-state index contributed by atoms with van der Waals surface area (Å²) in [6, 6.07) is -0.177. The number of fused-ring (bicyclic) bond motifs is 1. The monoisotopic (exact) mass is 343 g/mol. The predicted molar refractivity (Wildman–Crippen MR) is 87.9 cm³/mol. The maximum Gasteiger partial charge on any atom is 0.235 e. The Morgan fingerprint density at radius 3 is 2.73 bits per heavy atom. The first-order valence-electron chi connectivity index (χ1n) is 7.49. The van der Waals surface area contributed by atoms with E-state index in [1.807, 2.05) is 6.92 Å². The molecule has 1 fully saturated rings. The van der Waals surface area contributed by atoms with Crippen LogP contribution in [0.3, 0.4) is 0 Å². The topological polar surface area (TPSA) is 81.1 Å². The molecule has 3 rings (SSSR count). The van der Waals surface area contributed by atoms with Gasteiger partial charge in [0.2, 0.25) is 5.91 Å². The Hall–Kier alpha value is -1.02. The third-order valence-corrected chi connectivity index (χ3v) is 7.55. The lowest BCUT2D eigenvalue weighted by molar-refractivity contribution is -0.113. The molecule has 6 nitrogen and oxygen atoms in total. The maximum absolute atomic E-state index is 12.0. The molecule has 8 heteroatoms. The molecule has 2 unspecified atom stereocenters. The molecule has 1 amide bonds. The fraction of sp³-hybridized carbons (Fsp3) is 0.714. The van der Waals surface area contributed by atoms with Crippen molar-refractivity contribution in [3.63, 3.8) is 0 Å². The summed E-state index contributed by atoms with van der Waals surface area (Å²) in [6.45, 7) is 6.20. The van der Waals surface area contributed by atoms with Crippen LogP contribution in [0.25, 0.3) is 0 Å². The van der Waals surface area contributed by atoms with Gasteiger partial charge in [-0.05, 0) is 19.3 Å². The molecule has 0 aromatic carbocycles. The van der Waals surface area contributed by atoms with Gasteiger partial charge in [-0.1, -0.05) is 13.8 Å². The molecule has 0 saturated carbocycles. The lowest BCUT2D eigenvalue weighted by Crippen LogP contribution is -2.20. The fourth-order valence-corrected chi connectivity index (χ4v) is 6.13. The van der Waals surface area contributed by atoms with Crippen molar-refractivity contribution in [2.75, 3.05) is 22.6 Å². The summed E-state index contributed by atoms with van der Waals surface area (Å²) in [5, 5.41) is 7.71. The summed E-state index contributed by atoms with van der Waals surface area (Å²) in [5.41, 5.74) is 1.93. The van der Waals surface area contributed by atoms with Gasteiger partial charge in [0.1, 0.15) is 5.82 Å². The Morgan fingerprint density at radius 2 is 2.14 bits per heavy atom. The number of thioether (sulfide) groups is 1. The number of carbonyl (C=O) groups excluding carboxylic acids is 1. The molecular formula is C14H21N3O3S2. The van der Waals surface area contributed by atoms with Crippen LogP contribution in [-0.4, -0.2) is 41.4 Å². The Balaban J connectivity index is 2.07. The number of hydrogen-bond acceptors (Lipinski definition) is 5. The van der Waals surface area contributed by atoms with E-state index in [1.54, 1.807) is 16.4 Å². The molecule has 2 aliphatic rings. The predicted octanol–water partition coefficient (Wildman–Crippen LogP) is 1.93. The Labute approximate surface area is 135 Å². The quantitative estimate of drug-likeness (QED) is 0.887. The van der Waals surface area contributed by atoms with Gasteiger partial charge in [-0.25, -0.2) is 13.1 Å². The number of carbonyl (C=O) groups is 1. The number of nitrogens with zero attached hydrogens (tertiary/aromatic N) is 2. The van der Waals surface area contributed by atoms with E-state index in [-0.39, 0.29) is 28.7 Å². The van der Waals surface area contributed by atoms with Crippen LogP contribution in [0.5, 0.6) is 0 Å². The summed E-state index contributed by atoms with van der Waals surface area (Å²) >= 11 is 1.63. The molecule has 1 aromatic rings. The van der Waals surface area contributed by atoms with Crippen molar-refractivity contribution >= 4 is 33.3 Å². The van der Waals surface area contributed by atoms with E-state index >= 15 is 0 Å². The van der Waals surface area contributed by atoms with E-state index in [4.69, 9.17) is 0 Å². The first kappa shape index (κ1) is 15.9. The molecule has 0 bridgehead atoms. The molecule has 1 N–H and O–H groups in total. The average Bonchev–Trinajstić information content (AvgIpc) is 2.85. The smallest absolute Gasteiger partial charge is 0.235 e. The summed E-state index contributed by atoms with van der Waals surface area (Å²) in [5.74, 6) is 1.75. The van der Waals surface area contributed by atoms with Crippen molar-refractivity contribution in [3.05, 3.63) is 11.3 Å². The molecule has 22 heavy (non-hydrogen) atoms. The SMILES string of the molecule is Cc1nn(C2CCS(=O)(=O)C2)c2c1C(C(C)C)SCC(=O)N2. The zero-order valence-corrected chi connectivity index (χ0v) is 14.6. The van der Waals surface area contributed by atoms with Crippen molar-refractivity contribution < 1.29 is 13.2 Å². The van der Waals surface area contributed by atoms with Crippen LogP contribution in [-0.2, 0) is 14.6 Å². The van der Waals surface area contributed by atoms with Crippen LogP contribution in [0.15, 0.2) is 0 Å². The van der Waals surface area contributed by atoms with Gasteiger partial charge in [0.25, 0.3) is 0 Å². The minimum absolute atomic E-state index is 0.0450. The largest absolute Gasteiger partial charge is 0.310 e. The molecule has 2 atom stereocenters. The summed E-state index contributed by atoms with van der Waals surface area (Å²) < 4.78 is 25.3. The summed E-state index contributed by atoms with van der Waals surface area (Å²) in [6.07, 6.45) is 0.561. The zero-order chi connectivity index (χ0) is 16.1. The molecule has 1 saturated heterocycles. The normalized spacial score (nSPS) is 27.5. The van der Waals surface area contributed by atoms with Gasteiger partial charge in [0.15, 0.2) is 9.84 Å². The van der Waals surface area contributed by atoms with Crippen molar-refractivity contribution in [2.24, 2.45) is 5.92 Å². The number of aromatic nitrogens is 2. The van der Waals surface area contributed by atoms with Gasteiger partial charge in [-0.15, -0.1) is 11.8 Å². The lowest BCUT2D eigenvalue weighted by atomic mass is 10.0. The summed E-state index contributed by atoms with van der Waals surface area (Å²) in [7, 11) is -2.99. The molecule has 0 aliphatic carbocycles. The van der Waals surface area contributed by atoms with Crippen molar-refractivity contribution in [3.8, 4) is 0 Å². The third-order valence-electron chi connectivity index (χ3n) is 4.23. The van der Waals surface area contributed by atoms with E-state index in [0.29, 0.717) is 23.9 Å². The molecule has 3 heterocycles. The first-order valence-corrected chi connectivity index (χ1v) is 10.4. The second-order valence-corrected chi connectivity index (χ2v) is 9.73. The molecule has 122 valence electrons. The Kier molecular flexibility index (Phi) is 4.01. The summed E-state index contributed by atoms with van der Waals surface area (Å²) in [4.78, 5) is 12.0. The standard InChI is InChI=1S/C14H21N3O3S2/c1-8(2)13-12-9(3)16-17(10-4-5-22(19,20)7-10)14(12)15-11(18)6-21-13/h8,10,13H,4-7H2,1-3H3,(H,15,18). The number of amides is 1. The number of rotatable bonds is 2. The van der Waals surface area contributed by atoms with Crippen molar-refractivity contribution in [2.45, 2.75) is 38.5 Å². The molecular weight excluding hydrogens is 322 g/mol. The first-order chi connectivity index (χ1) is 10.3. The highest BCUT2D eigenvalue weighted by molar-refractivity contribution is 8.00. The lowest BCUT2D eigenvalue weighted by Gasteiger charge is -2.19. The second-order valence-electron chi connectivity index (χ2n) is 6.37. The van der Waals surface area contributed by atoms with E-state index in [0.717, 1.165) is 11.3 Å². The van der Waals surface area contributed by atoms with Crippen LogP contribution in [0.1, 0.15) is 42.8 Å². The van der Waals surface area contributed by atoms with Gasteiger partial charge in [-0.2, -0.15) is 5.10 Å². The van der Waals surface area contributed by atoms with E-state index in [9.17, 15) is 13.2 Å². The minimum atomic E-state index is -2.99. The maximum atomic E-state index is 12.0. The van der Waals surface area contributed by atoms with Crippen LogP contribution >= 0.6 is 11.8 Å². The Morgan fingerprint density at radius 1 is 1.41 bits per heavy atom. The van der Waals surface area contributed by atoms with Gasteiger partial charge in [-0.3, -0.25) is 4.79 Å². The van der Waals surface area contributed by atoms with Crippen LogP contribution < -0.4 is 5.32 Å².